The van der Waals surface area contributed by atoms with Crippen LogP contribution in [0.3, 0.4) is 0 Å². The van der Waals surface area contributed by atoms with E-state index in [1.807, 2.05) is 6.07 Å². The summed E-state index contributed by atoms with van der Waals surface area (Å²) in [6.45, 7) is -0.377. The largest absolute Gasteiger partial charge is 0.395 e. The topological polar surface area (TPSA) is 108 Å². The molecule has 2 bridgehead atoms. The van der Waals surface area contributed by atoms with Gasteiger partial charge in [0.2, 0.25) is 17.7 Å². The van der Waals surface area contributed by atoms with Crippen LogP contribution < -0.4 is 10.6 Å². The van der Waals surface area contributed by atoms with Gasteiger partial charge in [0.15, 0.2) is 0 Å². The fourth-order valence-electron chi connectivity index (χ4n) is 5.59. The molecule has 0 aromatic heterocycles. The molecule has 5 rings (SSSR count). The summed E-state index contributed by atoms with van der Waals surface area (Å²) in [5, 5.41) is 15.7. The number of likely N-dealkylation sites (tertiary alicyclic amines) is 1. The number of hydrogen-bond acceptors (Lipinski definition) is 5. The van der Waals surface area contributed by atoms with Gasteiger partial charge in [-0.05, 0) is 30.7 Å². The van der Waals surface area contributed by atoms with E-state index in [2.05, 4.69) is 26.6 Å². The van der Waals surface area contributed by atoms with Gasteiger partial charge in [-0.3, -0.25) is 14.4 Å². The van der Waals surface area contributed by atoms with Crippen molar-refractivity contribution < 1.29 is 24.2 Å². The summed E-state index contributed by atoms with van der Waals surface area (Å²) in [4.78, 5) is 41.6. The first-order valence-corrected chi connectivity index (χ1v) is 12.3. The maximum Gasteiger partial charge on any atom is 0.250 e. The van der Waals surface area contributed by atoms with E-state index in [0.29, 0.717) is 22.8 Å². The molecular weight excluding hydrogens is 526 g/mol. The molecule has 3 amide bonds. The molecule has 3 aliphatic heterocycles. The molecule has 0 radical (unpaired) electrons. The third-order valence-electron chi connectivity index (χ3n) is 6.85. The van der Waals surface area contributed by atoms with Crippen molar-refractivity contribution in [1.29, 1.82) is 0 Å². The van der Waals surface area contributed by atoms with Crippen LogP contribution in [0.1, 0.15) is 6.42 Å². The van der Waals surface area contributed by atoms with Crippen LogP contribution in [0.2, 0.25) is 5.02 Å². The molecule has 8 nitrogen and oxygen atoms in total. The SMILES string of the molecule is O=C(Nc1ccccc1Cl)C1N(CCO)C(=O)[C@@H]2[C@@H](C(=O)Nc3ccccc3)[C@@H]3OC12CC3Br. The van der Waals surface area contributed by atoms with Gasteiger partial charge in [-0.1, -0.05) is 57.9 Å². The van der Waals surface area contributed by atoms with E-state index < -0.39 is 35.5 Å². The molecule has 3 saturated heterocycles. The first-order chi connectivity index (χ1) is 16.4. The predicted octanol–water partition coefficient (Wildman–Crippen LogP) is 2.66. The number of halogens is 2. The lowest BCUT2D eigenvalue weighted by atomic mass is 9.70. The zero-order valence-electron chi connectivity index (χ0n) is 18.0. The lowest BCUT2D eigenvalue weighted by Crippen LogP contribution is -2.54. The Morgan fingerprint density at radius 3 is 2.53 bits per heavy atom. The lowest BCUT2D eigenvalue weighted by Gasteiger charge is -2.34. The first kappa shape index (κ1) is 23.3. The van der Waals surface area contributed by atoms with E-state index in [9.17, 15) is 19.5 Å². The highest BCUT2D eigenvalue weighted by atomic mass is 79.9. The molecule has 3 heterocycles. The van der Waals surface area contributed by atoms with Crippen molar-refractivity contribution in [2.75, 3.05) is 23.8 Å². The van der Waals surface area contributed by atoms with E-state index in [-0.39, 0.29) is 29.8 Å². The average molecular weight is 549 g/mol. The number of aliphatic hydroxyl groups excluding tert-OH is 1. The Morgan fingerprint density at radius 2 is 1.82 bits per heavy atom. The van der Waals surface area contributed by atoms with E-state index in [1.54, 1.807) is 48.5 Å². The first-order valence-electron chi connectivity index (χ1n) is 11.0. The van der Waals surface area contributed by atoms with Gasteiger partial charge in [0.25, 0.3) is 0 Å². The minimum atomic E-state index is -1.20. The lowest BCUT2D eigenvalue weighted by molar-refractivity contribution is -0.140. The number of carbonyl (C=O) groups excluding carboxylic acids is 3. The molecule has 3 aliphatic rings. The average Bonchev–Trinajstić information content (AvgIpc) is 3.40. The number of β-amino-alcohol motifs (C(OH)–C–C–N with tert-alkyl or cyclic N) is 1. The number of hydrogen-bond donors (Lipinski definition) is 3. The van der Waals surface area contributed by atoms with Crippen molar-refractivity contribution in [2.24, 2.45) is 11.8 Å². The van der Waals surface area contributed by atoms with Crippen molar-refractivity contribution in [3.8, 4) is 0 Å². The fraction of sp³-hybridized carbons (Fsp3) is 0.375. The molecule has 3 unspecified atom stereocenters. The molecule has 6 atom stereocenters. The van der Waals surface area contributed by atoms with Crippen molar-refractivity contribution in [2.45, 2.75) is 29.0 Å². The van der Waals surface area contributed by atoms with Gasteiger partial charge in [0.1, 0.15) is 11.6 Å². The predicted molar refractivity (Wildman–Crippen MR) is 130 cm³/mol. The number of carbonyl (C=O) groups is 3. The maximum atomic E-state index is 13.6. The summed E-state index contributed by atoms with van der Waals surface area (Å²) < 4.78 is 6.37. The van der Waals surface area contributed by atoms with Gasteiger partial charge in [0, 0.05) is 17.1 Å². The molecule has 2 aromatic rings. The van der Waals surface area contributed by atoms with E-state index >= 15 is 0 Å². The molecule has 10 heteroatoms. The van der Waals surface area contributed by atoms with Crippen LogP contribution in [0, 0.1) is 11.8 Å². The minimum absolute atomic E-state index is 0.0499. The van der Waals surface area contributed by atoms with Gasteiger partial charge >= 0.3 is 0 Å². The Morgan fingerprint density at radius 1 is 1.12 bits per heavy atom. The molecule has 178 valence electrons. The molecule has 2 aromatic carbocycles. The van der Waals surface area contributed by atoms with E-state index in [1.165, 1.54) is 4.90 Å². The highest BCUT2D eigenvalue weighted by Gasteiger charge is 2.76. The van der Waals surface area contributed by atoms with Crippen molar-refractivity contribution >= 4 is 56.6 Å². The van der Waals surface area contributed by atoms with Crippen LogP contribution in [0.25, 0.3) is 0 Å². The van der Waals surface area contributed by atoms with Gasteiger partial charge in [-0.15, -0.1) is 0 Å². The zero-order chi connectivity index (χ0) is 24.0. The number of nitrogens with one attached hydrogen (secondary N) is 2. The third kappa shape index (κ3) is 3.62. The van der Waals surface area contributed by atoms with Crippen LogP contribution in [0.4, 0.5) is 11.4 Å². The standard InChI is InChI=1S/C24H23BrClN3O5/c25-14-12-24-18(17(19(14)34-24)21(31)27-13-6-2-1-3-7-13)23(33)29(10-11-30)20(24)22(32)28-16-9-5-4-8-15(16)26/h1-9,14,17-20,30H,10-12H2,(H,27,31)(H,28,32)/t14?,17-,18+,19-,20?,24?/m1/s1. The Labute approximate surface area is 209 Å². The quantitative estimate of drug-likeness (QED) is 0.481. The number of fused-ring (bicyclic) bond motifs is 1. The normalized spacial score (nSPS) is 31.4. The smallest absolute Gasteiger partial charge is 0.250 e. The summed E-state index contributed by atoms with van der Waals surface area (Å²) in [5.41, 5.74) is -0.178. The zero-order valence-corrected chi connectivity index (χ0v) is 20.3. The molecule has 0 aliphatic carbocycles. The van der Waals surface area contributed by atoms with E-state index in [4.69, 9.17) is 16.3 Å². The second-order valence-corrected chi connectivity index (χ2v) is 10.3. The van der Waals surface area contributed by atoms with Crippen molar-refractivity contribution in [3.05, 3.63) is 59.6 Å². The third-order valence-corrected chi connectivity index (χ3v) is 8.03. The van der Waals surface area contributed by atoms with Crippen molar-refractivity contribution in [1.82, 2.24) is 4.90 Å². The number of para-hydroxylation sites is 2. The number of nitrogens with zero attached hydrogens (tertiary/aromatic N) is 1. The number of ether oxygens (including phenoxy) is 1. The molecule has 34 heavy (non-hydrogen) atoms. The van der Waals surface area contributed by atoms with Crippen molar-refractivity contribution in [3.63, 3.8) is 0 Å². The molecule has 1 spiro atoms. The number of alkyl halides is 1. The van der Waals surface area contributed by atoms with Crippen LogP contribution in [-0.2, 0) is 19.1 Å². The Bertz CT molecular complexity index is 1130. The maximum absolute atomic E-state index is 13.6. The second-order valence-electron chi connectivity index (χ2n) is 8.74. The second kappa shape index (κ2) is 8.96. The fourth-order valence-corrected chi connectivity index (χ4v) is 6.71. The van der Waals surface area contributed by atoms with Crippen LogP contribution in [-0.4, -0.2) is 63.5 Å². The molecule has 3 N–H and O–H groups in total. The number of benzene rings is 2. The summed E-state index contributed by atoms with van der Waals surface area (Å²) >= 11 is 9.84. The Balaban J connectivity index is 1.49. The number of anilines is 2. The van der Waals surface area contributed by atoms with Crippen LogP contribution in [0.15, 0.2) is 54.6 Å². The van der Waals surface area contributed by atoms with Crippen LogP contribution in [0.5, 0.6) is 0 Å². The van der Waals surface area contributed by atoms with Crippen LogP contribution >= 0.6 is 27.5 Å². The van der Waals surface area contributed by atoms with Gasteiger partial charge < -0.3 is 25.4 Å². The summed E-state index contributed by atoms with van der Waals surface area (Å²) in [6.07, 6.45) is -0.185. The van der Waals surface area contributed by atoms with E-state index in [0.717, 1.165) is 0 Å². The minimum Gasteiger partial charge on any atom is -0.395 e. The summed E-state index contributed by atoms with van der Waals surface area (Å²) in [7, 11) is 0. The molecule has 3 fully saturated rings. The Kier molecular flexibility index (Phi) is 6.14. The molecule has 0 saturated carbocycles. The summed E-state index contributed by atoms with van der Waals surface area (Å²) in [5.74, 6) is -2.81. The Hall–Kier alpha value is -2.46. The molecular formula is C24H23BrClN3O5. The highest BCUT2D eigenvalue weighted by Crippen LogP contribution is 2.60. The monoisotopic (exact) mass is 547 g/mol. The van der Waals surface area contributed by atoms with Gasteiger partial charge in [-0.2, -0.15) is 0 Å². The number of aliphatic hydroxyl groups is 1. The van der Waals surface area contributed by atoms with Gasteiger partial charge in [0.05, 0.1) is 35.3 Å². The van der Waals surface area contributed by atoms with Gasteiger partial charge in [-0.25, -0.2) is 0 Å². The highest BCUT2D eigenvalue weighted by molar-refractivity contribution is 9.09. The summed E-state index contributed by atoms with van der Waals surface area (Å²) in [6, 6.07) is 14.8. The number of amides is 3. The number of rotatable bonds is 6.